The number of carbonyl (C=O) groups excluding carboxylic acids is 1. The quantitative estimate of drug-likeness (QED) is 0.644. The lowest BCUT2D eigenvalue weighted by molar-refractivity contribution is 0.0954. The maximum Gasteiger partial charge on any atom is 0.251 e. The molecule has 0 spiro atoms. The molecule has 27 heavy (non-hydrogen) atoms. The third-order valence-corrected chi connectivity index (χ3v) is 5.02. The van der Waals surface area contributed by atoms with Crippen molar-refractivity contribution in [2.45, 2.75) is 17.9 Å². The zero-order chi connectivity index (χ0) is 19.3. The molecule has 3 aromatic rings. The van der Waals surface area contributed by atoms with Crippen LogP contribution in [0.3, 0.4) is 0 Å². The summed E-state index contributed by atoms with van der Waals surface area (Å²) in [6.07, 6.45) is 5.95. The Kier molecular flexibility index (Phi) is 5.68. The average Bonchev–Trinajstić information content (AvgIpc) is 3.15. The van der Waals surface area contributed by atoms with Crippen LogP contribution in [0, 0.1) is 0 Å². The lowest BCUT2D eigenvalue weighted by atomic mass is 10.1. The van der Waals surface area contributed by atoms with Gasteiger partial charge in [0.25, 0.3) is 5.91 Å². The predicted octanol–water partition coefficient (Wildman–Crippen LogP) is 1.55. The highest BCUT2D eigenvalue weighted by Gasteiger charge is 2.08. The van der Waals surface area contributed by atoms with E-state index in [1.807, 2.05) is 22.9 Å². The third kappa shape index (κ3) is 5.25. The number of amides is 1. The number of aromatic nitrogens is 2. The summed E-state index contributed by atoms with van der Waals surface area (Å²) in [5.41, 5.74) is 2.59. The number of nitrogens with two attached hydrogens (primary N) is 1. The molecule has 1 amide bonds. The van der Waals surface area contributed by atoms with E-state index < -0.39 is 10.0 Å². The number of carbonyl (C=O) groups is 1. The van der Waals surface area contributed by atoms with E-state index >= 15 is 0 Å². The number of benzene rings is 2. The number of primary sulfonamides is 1. The van der Waals surface area contributed by atoms with Crippen molar-refractivity contribution in [1.82, 2.24) is 14.9 Å². The summed E-state index contributed by atoms with van der Waals surface area (Å²) in [4.78, 5) is 16.3. The lowest BCUT2D eigenvalue weighted by Crippen LogP contribution is -2.25. The summed E-state index contributed by atoms with van der Waals surface area (Å²) in [5, 5.41) is 7.93. The predicted molar refractivity (Wildman–Crippen MR) is 102 cm³/mol. The van der Waals surface area contributed by atoms with Crippen molar-refractivity contribution in [1.29, 1.82) is 0 Å². The standard InChI is InChI=1S/C19H20N4O3S/c20-27(25,26)18-7-3-15(4-8-18)9-10-22-19(24)17-5-1-16(2-6-17)13-23-12-11-21-14-23/h1-8,11-12,14H,9-10,13H2,(H,22,24)(H2,20,25,26). The maximum atomic E-state index is 12.2. The van der Waals surface area contributed by atoms with Crippen molar-refractivity contribution >= 4 is 15.9 Å². The normalized spacial score (nSPS) is 11.3. The number of imidazole rings is 1. The Hall–Kier alpha value is -2.97. The van der Waals surface area contributed by atoms with E-state index in [1.54, 1.807) is 36.8 Å². The molecule has 0 bridgehead atoms. The molecule has 0 fully saturated rings. The molecule has 1 heterocycles. The largest absolute Gasteiger partial charge is 0.352 e. The molecule has 0 aliphatic rings. The first-order valence-corrected chi connectivity index (χ1v) is 9.91. The molecule has 0 saturated heterocycles. The summed E-state index contributed by atoms with van der Waals surface area (Å²) in [5.74, 6) is -0.148. The zero-order valence-electron chi connectivity index (χ0n) is 14.6. The summed E-state index contributed by atoms with van der Waals surface area (Å²) < 4.78 is 24.4. The molecule has 0 atom stereocenters. The Bertz CT molecular complexity index is 996. The van der Waals surface area contributed by atoms with Gasteiger partial charge in [0.05, 0.1) is 11.2 Å². The van der Waals surface area contributed by atoms with Crippen LogP contribution in [-0.4, -0.2) is 30.4 Å². The minimum atomic E-state index is -3.68. The molecule has 1 aromatic heterocycles. The van der Waals surface area contributed by atoms with E-state index in [2.05, 4.69) is 10.3 Å². The third-order valence-electron chi connectivity index (χ3n) is 4.09. The minimum absolute atomic E-state index is 0.0751. The molecular weight excluding hydrogens is 364 g/mol. The highest BCUT2D eigenvalue weighted by Crippen LogP contribution is 2.09. The second kappa shape index (κ2) is 8.15. The molecular formula is C19H20N4O3S. The molecule has 0 aliphatic heterocycles. The van der Waals surface area contributed by atoms with Crippen molar-refractivity contribution in [2.75, 3.05) is 6.54 Å². The van der Waals surface area contributed by atoms with Gasteiger partial charge in [-0.15, -0.1) is 0 Å². The van der Waals surface area contributed by atoms with Crippen molar-refractivity contribution in [3.05, 3.63) is 83.9 Å². The van der Waals surface area contributed by atoms with Crippen LogP contribution in [0.25, 0.3) is 0 Å². The van der Waals surface area contributed by atoms with E-state index in [9.17, 15) is 13.2 Å². The monoisotopic (exact) mass is 384 g/mol. The Morgan fingerprint density at radius 3 is 2.30 bits per heavy atom. The maximum absolute atomic E-state index is 12.2. The SMILES string of the molecule is NS(=O)(=O)c1ccc(CCNC(=O)c2ccc(Cn3ccnc3)cc2)cc1. The van der Waals surface area contributed by atoms with Gasteiger partial charge in [-0.05, 0) is 41.8 Å². The smallest absolute Gasteiger partial charge is 0.251 e. The van der Waals surface area contributed by atoms with Crippen LogP contribution in [-0.2, 0) is 23.0 Å². The molecule has 140 valence electrons. The Labute approximate surface area is 157 Å². The molecule has 2 aromatic carbocycles. The van der Waals surface area contributed by atoms with Gasteiger partial charge in [-0.1, -0.05) is 24.3 Å². The van der Waals surface area contributed by atoms with Gasteiger partial charge in [0.1, 0.15) is 0 Å². The summed E-state index contributed by atoms with van der Waals surface area (Å²) >= 11 is 0. The van der Waals surface area contributed by atoms with Crippen LogP contribution in [0.2, 0.25) is 0 Å². The molecule has 0 radical (unpaired) electrons. The van der Waals surface area contributed by atoms with Crippen LogP contribution in [0.1, 0.15) is 21.5 Å². The molecule has 3 rings (SSSR count). The lowest BCUT2D eigenvalue weighted by Gasteiger charge is -2.07. The van der Waals surface area contributed by atoms with Crippen molar-refractivity contribution in [3.63, 3.8) is 0 Å². The van der Waals surface area contributed by atoms with Gasteiger partial charge in [0.2, 0.25) is 10.0 Å². The van der Waals surface area contributed by atoms with Gasteiger partial charge in [-0.3, -0.25) is 4.79 Å². The molecule has 8 heteroatoms. The topological polar surface area (TPSA) is 107 Å². The molecule has 0 aliphatic carbocycles. The van der Waals surface area contributed by atoms with Gasteiger partial charge in [-0.2, -0.15) is 0 Å². The molecule has 0 unspecified atom stereocenters. The van der Waals surface area contributed by atoms with Crippen LogP contribution in [0.4, 0.5) is 0 Å². The number of rotatable bonds is 7. The minimum Gasteiger partial charge on any atom is -0.352 e. The summed E-state index contributed by atoms with van der Waals surface area (Å²) in [6.45, 7) is 1.15. The first-order chi connectivity index (χ1) is 12.9. The summed E-state index contributed by atoms with van der Waals surface area (Å²) in [7, 11) is -3.68. The van der Waals surface area contributed by atoms with E-state index in [4.69, 9.17) is 5.14 Å². The number of hydrogen-bond donors (Lipinski definition) is 2. The highest BCUT2D eigenvalue weighted by atomic mass is 32.2. The molecule has 7 nitrogen and oxygen atoms in total. The van der Waals surface area contributed by atoms with Crippen molar-refractivity contribution < 1.29 is 13.2 Å². The summed E-state index contributed by atoms with van der Waals surface area (Å²) in [6, 6.07) is 13.7. The number of nitrogens with one attached hydrogen (secondary N) is 1. The van der Waals surface area contributed by atoms with Crippen molar-refractivity contribution in [3.8, 4) is 0 Å². The number of nitrogens with zero attached hydrogens (tertiary/aromatic N) is 2. The van der Waals surface area contributed by atoms with Gasteiger partial charge >= 0.3 is 0 Å². The first-order valence-electron chi connectivity index (χ1n) is 8.36. The number of sulfonamides is 1. The first kappa shape index (κ1) is 18.8. The fraction of sp³-hybridized carbons (Fsp3) is 0.158. The van der Waals surface area contributed by atoms with Gasteiger partial charge in [-0.25, -0.2) is 18.5 Å². The average molecular weight is 384 g/mol. The van der Waals surface area contributed by atoms with Gasteiger partial charge in [0.15, 0.2) is 0 Å². The van der Waals surface area contributed by atoms with Crippen LogP contribution < -0.4 is 10.5 Å². The van der Waals surface area contributed by atoms with E-state index in [0.29, 0.717) is 25.1 Å². The van der Waals surface area contributed by atoms with Gasteiger partial charge < -0.3 is 9.88 Å². The second-order valence-electron chi connectivity index (χ2n) is 6.13. The van der Waals surface area contributed by atoms with Crippen LogP contribution >= 0.6 is 0 Å². The van der Waals surface area contributed by atoms with E-state index in [0.717, 1.165) is 11.1 Å². The van der Waals surface area contributed by atoms with E-state index in [-0.39, 0.29) is 10.8 Å². The highest BCUT2D eigenvalue weighted by molar-refractivity contribution is 7.89. The number of hydrogen-bond acceptors (Lipinski definition) is 4. The molecule has 0 saturated carbocycles. The molecule has 3 N–H and O–H groups in total. The Morgan fingerprint density at radius 2 is 1.70 bits per heavy atom. The van der Waals surface area contributed by atoms with Crippen molar-refractivity contribution in [2.24, 2.45) is 5.14 Å². The van der Waals surface area contributed by atoms with E-state index in [1.165, 1.54) is 12.1 Å². The Morgan fingerprint density at radius 1 is 1.04 bits per heavy atom. The van der Waals surface area contributed by atoms with Crippen LogP contribution in [0.15, 0.2) is 72.1 Å². The Balaban J connectivity index is 1.50. The van der Waals surface area contributed by atoms with Crippen LogP contribution in [0.5, 0.6) is 0 Å². The fourth-order valence-electron chi connectivity index (χ4n) is 2.62. The fourth-order valence-corrected chi connectivity index (χ4v) is 3.14. The second-order valence-corrected chi connectivity index (χ2v) is 7.69. The zero-order valence-corrected chi connectivity index (χ0v) is 15.4. The van der Waals surface area contributed by atoms with Gasteiger partial charge in [0, 0.05) is 31.0 Å².